The van der Waals surface area contributed by atoms with Crippen LogP contribution in [-0.2, 0) is 24.1 Å². The van der Waals surface area contributed by atoms with E-state index in [1.54, 1.807) is 0 Å². The summed E-state index contributed by atoms with van der Waals surface area (Å²) < 4.78 is 0. The summed E-state index contributed by atoms with van der Waals surface area (Å²) in [6, 6.07) is 0. The summed E-state index contributed by atoms with van der Waals surface area (Å²) in [6.45, 7) is 0. The predicted octanol–water partition coefficient (Wildman–Crippen LogP) is -2.61. The standard InChI is InChI=1S/C3H4N2O5/c4-9-2(7)1(6)3(8)10-5/h4-5H2. The molecule has 0 radical (unpaired) electrons. The Kier molecular flexibility index (Phi) is 3.02. The molecule has 56 valence electrons. The Labute approximate surface area is 54.8 Å². The lowest BCUT2D eigenvalue weighted by atomic mass is 10.4. The Morgan fingerprint density at radius 1 is 0.900 bits per heavy atom. The van der Waals surface area contributed by atoms with Crippen LogP contribution in [0.3, 0.4) is 0 Å². The summed E-state index contributed by atoms with van der Waals surface area (Å²) in [4.78, 5) is 37.1. The van der Waals surface area contributed by atoms with Gasteiger partial charge in [-0.3, -0.25) is 4.79 Å². The first-order valence-corrected chi connectivity index (χ1v) is 1.99. The number of ketones is 1. The van der Waals surface area contributed by atoms with Gasteiger partial charge in [0.1, 0.15) is 0 Å². The molecule has 0 amide bonds. The van der Waals surface area contributed by atoms with Crippen LogP contribution in [0.4, 0.5) is 0 Å². The molecule has 0 aromatic rings. The van der Waals surface area contributed by atoms with Gasteiger partial charge in [-0.05, 0) is 0 Å². The second-order valence-electron chi connectivity index (χ2n) is 1.14. The Morgan fingerprint density at radius 2 is 1.20 bits per heavy atom. The lowest BCUT2D eigenvalue weighted by molar-refractivity contribution is -0.165. The number of carbonyl (C=O) groups is 3. The highest BCUT2D eigenvalue weighted by atomic mass is 16.7. The Balaban J connectivity index is 4.09. The molecule has 4 N–H and O–H groups in total. The summed E-state index contributed by atoms with van der Waals surface area (Å²) in [5.74, 6) is 3.91. The van der Waals surface area contributed by atoms with Crippen molar-refractivity contribution in [1.29, 1.82) is 0 Å². The van der Waals surface area contributed by atoms with Crippen molar-refractivity contribution >= 4 is 17.7 Å². The highest BCUT2D eigenvalue weighted by molar-refractivity contribution is 6.60. The molecule has 10 heavy (non-hydrogen) atoms. The van der Waals surface area contributed by atoms with E-state index < -0.39 is 17.7 Å². The van der Waals surface area contributed by atoms with Crippen LogP contribution in [0, 0.1) is 0 Å². The molecule has 0 spiro atoms. The molecule has 0 heterocycles. The van der Waals surface area contributed by atoms with Crippen molar-refractivity contribution in [3.05, 3.63) is 0 Å². The highest BCUT2D eigenvalue weighted by Gasteiger charge is 2.25. The smallest absolute Gasteiger partial charge is 0.367 e. The van der Waals surface area contributed by atoms with Crippen LogP contribution in [-0.4, -0.2) is 17.7 Å². The van der Waals surface area contributed by atoms with Crippen LogP contribution in [0.2, 0.25) is 0 Å². The van der Waals surface area contributed by atoms with Crippen LogP contribution in [0.5, 0.6) is 0 Å². The number of hydrogen-bond donors (Lipinski definition) is 2. The minimum absolute atomic E-state index is 1.52. The van der Waals surface area contributed by atoms with Gasteiger partial charge in [0.2, 0.25) is 0 Å². The van der Waals surface area contributed by atoms with Crippen molar-refractivity contribution in [2.45, 2.75) is 0 Å². The molecule has 7 heteroatoms. The van der Waals surface area contributed by atoms with E-state index in [1.807, 2.05) is 0 Å². The lowest BCUT2D eigenvalue weighted by Crippen LogP contribution is -2.31. The maximum Gasteiger partial charge on any atom is 0.405 e. The van der Waals surface area contributed by atoms with E-state index in [0.717, 1.165) is 0 Å². The fourth-order valence-corrected chi connectivity index (χ4v) is 0.190. The van der Waals surface area contributed by atoms with Crippen molar-refractivity contribution < 1.29 is 24.1 Å². The molecule has 0 saturated heterocycles. The third kappa shape index (κ3) is 1.80. The molecule has 0 atom stereocenters. The van der Waals surface area contributed by atoms with E-state index in [-0.39, 0.29) is 0 Å². The fraction of sp³-hybridized carbons (Fsp3) is 0. The van der Waals surface area contributed by atoms with Gasteiger partial charge in [-0.1, -0.05) is 0 Å². The Bertz CT molecular complexity index is 158. The van der Waals surface area contributed by atoms with Crippen LogP contribution >= 0.6 is 0 Å². The third-order valence-electron chi connectivity index (χ3n) is 0.585. The van der Waals surface area contributed by atoms with E-state index >= 15 is 0 Å². The number of hydrogen-bond acceptors (Lipinski definition) is 7. The summed E-state index contributed by atoms with van der Waals surface area (Å²) in [5.41, 5.74) is 0. The normalized spacial score (nSPS) is 8.20. The molecular weight excluding hydrogens is 144 g/mol. The minimum Gasteiger partial charge on any atom is -0.367 e. The first kappa shape index (κ1) is 8.53. The second kappa shape index (κ2) is 3.54. The maximum atomic E-state index is 10.2. The van der Waals surface area contributed by atoms with Crippen LogP contribution in [0.15, 0.2) is 0 Å². The topological polar surface area (TPSA) is 122 Å². The van der Waals surface area contributed by atoms with Gasteiger partial charge in [0.25, 0.3) is 0 Å². The molecule has 0 aliphatic carbocycles. The van der Waals surface area contributed by atoms with Crippen LogP contribution in [0.1, 0.15) is 0 Å². The summed E-state index contributed by atoms with van der Waals surface area (Å²) in [7, 11) is 0. The van der Waals surface area contributed by atoms with E-state index in [0.29, 0.717) is 0 Å². The molecule has 0 bridgehead atoms. The molecule has 0 aliphatic rings. The summed E-state index contributed by atoms with van der Waals surface area (Å²) in [6.07, 6.45) is 0. The number of nitrogens with two attached hydrogens (primary N) is 2. The Morgan fingerprint density at radius 3 is 1.40 bits per heavy atom. The van der Waals surface area contributed by atoms with Gasteiger partial charge in [0.05, 0.1) is 0 Å². The van der Waals surface area contributed by atoms with Crippen molar-refractivity contribution in [1.82, 2.24) is 0 Å². The van der Waals surface area contributed by atoms with E-state index in [2.05, 4.69) is 21.5 Å². The van der Waals surface area contributed by atoms with Gasteiger partial charge in [0.15, 0.2) is 0 Å². The van der Waals surface area contributed by atoms with E-state index in [1.165, 1.54) is 0 Å². The third-order valence-corrected chi connectivity index (χ3v) is 0.585. The minimum atomic E-state index is -1.55. The lowest BCUT2D eigenvalue weighted by Gasteiger charge is -1.92. The molecule has 0 rings (SSSR count). The van der Waals surface area contributed by atoms with Crippen molar-refractivity contribution in [2.24, 2.45) is 11.8 Å². The van der Waals surface area contributed by atoms with Gasteiger partial charge >= 0.3 is 17.7 Å². The molecule has 0 fully saturated rings. The quantitative estimate of drug-likeness (QED) is 0.250. The molecule has 0 aromatic heterocycles. The van der Waals surface area contributed by atoms with E-state index in [4.69, 9.17) is 0 Å². The van der Waals surface area contributed by atoms with E-state index in [9.17, 15) is 14.4 Å². The number of Topliss-reactive ketones (excluding diaryl/α,β-unsaturated/α-hetero) is 1. The van der Waals surface area contributed by atoms with Crippen molar-refractivity contribution in [2.75, 3.05) is 0 Å². The largest absolute Gasteiger partial charge is 0.405 e. The SMILES string of the molecule is NOC(=O)C(=O)C(=O)ON. The first-order valence-electron chi connectivity index (χ1n) is 1.99. The number of rotatable bonds is 2. The van der Waals surface area contributed by atoms with Gasteiger partial charge < -0.3 is 9.68 Å². The van der Waals surface area contributed by atoms with Crippen LogP contribution in [0.25, 0.3) is 0 Å². The zero-order valence-electron chi connectivity index (χ0n) is 4.70. The zero-order valence-corrected chi connectivity index (χ0v) is 4.70. The van der Waals surface area contributed by atoms with Crippen molar-refractivity contribution in [3.63, 3.8) is 0 Å². The molecule has 7 nitrogen and oxygen atoms in total. The van der Waals surface area contributed by atoms with Gasteiger partial charge in [0, 0.05) is 0 Å². The highest BCUT2D eigenvalue weighted by Crippen LogP contribution is 1.78. The summed E-state index contributed by atoms with van der Waals surface area (Å²) >= 11 is 0. The average molecular weight is 148 g/mol. The number of carbonyl (C=O) groups excluding carboxylic acids is 3. The zero-order chi connectivity index (χ0) is 8.15. The van der Waals surface area contributed by atoms with Gasteiger partial charge in [-0.15, -0.1) is 0 Å². The van der Waals surface area contributed by atoms with Gasteiger partial charge in [-0.2, -0.15) is 11.8 Å². The van der Waals surface area contributed by atoms with Gasteiger partial charge in [-0.25, -0.2) is 9.59 Å². The molecule has 0 unspecified atom stereocenters. The maximum absolute atomic E-state index is 10.2. The Hall–Kier alpha value is -1.47. The summed E-state index contributed by atoms with van der Waals surface area (Å²) in [5, 5.41) is 0. The average Bonchev–Trinajstić information content (AvgIpc) is 2.00. The van der Waals surface area contributed by atoms with Crippen molar-refractivity contribution in [3.8, 4) is 0 Å². The monoisotopic (exact) mass is 148 g/mol. The molecule has 0 aliphatic heterocycles. The van der Waals surface area contributed by atoms with Crippen LogP contribution < -0.4 is 11.8 Å². The first-order chi connectivity index (χ1) is 4.63. The predicted molar refractivity (Wildman–Crippen MR) is 25.6 cm³/mol. The molecular formula is C3H4N2O5. The second-order valence-corrected chi connectivity index (χ2v) is 1.14. The molecule has 0 aromatic carbocycles. The fourth-order valence-electron chi connectivity index (χ4n) is 0.190. The molecule has 0 saturated carbocycles.